The first-order chi connectivity index (χ1) is 18.2. The summed E-state index contributed by atoms with van der Waals surface area (Å²) in [6, 6.07) is 4.85. The van der Waals surface area contributed by atoms with Crippen LogP contribution >= 0.6 is 0 Å². The Labute approximate surface area is 224 Å². The molecular formula is C27H41N5O6. The van der Waals surface area contributed by atoms with E-state index in [1.165, 1.54) is 4.90 Å². The van der Waals surface area contributed by atoms with E-state index in [0.717, 1.165) is 26.1 Å². The van der Waals surface area contributed by atoms with Gasteiger partial charge in [0.2, 0.25) is 17.7 Å². The number of carbonyl (C=O) groups is 4. The molecule has 11 heteroatoms. The van der Waals surface area contributed by atoms with Gasteiger partial charge in [0.25, 0.3) is 5.91 Å². The summed E-state index contributed by atoms with van der Waals surface area (Å²) in [4.78, 5) is 56.2. The van der Waals surface area contributed by atoms with Crippen molar-refractivity contribution < 1.29 is 28.7 Å². The highest BCUT2D eigenvalue weighted by Gasteiger charge is 2.30. The predicted molar refractivity (Wildman–Crippen MR) is 142 cm³/mol. The number of morpholine rings is 1. The lowest BCUT2D eigenvalue weighted by Gasteiger charge is -2.27. The first-order valence-electron chi connectivity index (χ1n) is 13.4. The fourth-order valence-electron chi connectivity index (χ4n) is 4.49. The molecular weight excluding hydrogens is 490 g/mol. The van der Waals surface area contributed by atoms with E-state index in [1.807, 2.05) is 13.8 Å². The van der Waals surface area contributed by atoms with Crippen molar-refractivity contribution in [2.75, 3.05) is 59.6 Å². The second kappa shape index (κ2) is 14.7. The number of rotatable bonds is 7. The number of nitrogens with one attached hydrogen (secondary N) is 3. The fraction of sp³-hybridized carbons (Fsp3) is 0.630. The molecule has 38 heavy (non-hydrogen) atoms. The molecule has 0 unspecified atom stereocenters. The number of likely N-dealkylation sites (N-methyl/N-ethyl adjacent to an activating group) is 1. The molecule has 2 aliphatic rings. The van der Waals surface area contributed by atoms with Crippen molar-refractivity contribution in [3.05, 3.63) is 29.8 Å². The molecule has 1 aromatic carbocycles. The van der Waals surface area contributed by atoms with Crippen molar-refractivity contribution in [1.29, 1.82) is 0 Å². The molecule has 1 saturated heterocycles. The summed E-state index contributed by atoms with van der Waals surface area (Å²) in [5.41, 5.74) is 0.252. The minimum atomic E-state index is -1.12. The second-order valence-electron chi connectivity index (χ2n) is 10.2. The smallest absolute Gasteiger partial charge is 0.255 e. The molecule has 3 rings (SSSR count). The maximum absolute atomic E-state index is 13.2. The van der Waals surface area contributed by atoms with Crippen LogP contribution in [0.2, 0.25) is 0 Å². The Morgan fingerprint density at radius 1 is 1.08 bits per heavy atom. The monoisotopic (exact) mass is 531 g/mol. The predicted octanol–water partition coefficient (Wildman–Crippen LogP) is 0.395. The molecule has 210 valence electrons. The van der Waals surface area contributed by atoms with Crippen LogP contribution in [0.4, 0.5) is 0 Å². The van der Waals surface area contributed by atoms with Crippen LogP contribution in [0.15, 0.2) is 24.3 Å². The van der Waals surface area contributed by atoms with Gasteiger partial charge >= 0.3 is 0 Å². The number of amides is 4. The average molecular weight is 532 g/mol. The Morgan fingerprint density at radius 2 is 1.82 bits per heavy atom. The van der Waals surface area contributed by atoms with Crippen LogP contribution < -0.4 is 20.7 Å². The van der Waals surface area contributed by atoms with Gasteiger partial charge in [-0.1, -0.05) is 26.0 Å². The maximum atomic E-state index is 13.2. The zero-order valence-corrected chi connectivity index (χ0v) is 22.7. The molecule has 0 saturated carbocycles. The summed E-state index contributed by atoms with van der Waals surface area (Å²) in [6.45, 7) is 8.75. The zero-order chi connectivity index (χ0) is 27.5. The highest BCUT2D eigenvalue weighted by molar-refractivity contribution is 6.01. The fourth-order valence-corrected chi connectivity index (χ4v) is 4.49. The van der Waals surface area contributed by atoms with Crippen molar-refractivity contribution in [2.45, 2.75) is 45.2 Å². The van der Waals surface area contributed by atoms with E-state index in [4.69, 9.17) is 9.47 Å². The largest absolute Gasteiger partial charge is 0.491 e. The standard InChI is InChI=1S/C27H41N5O6/c1-19(2)17-22-27(36)31(3)11-16-38-23-8-5-4-7-20(23)25(34)30-21(18-24(33)29-22)26(35)28-9-6-10-32-12-14-37-15-13-32/h4-5,7-8,19,21-22H,6,9-18H2,1-3H3,(H,28,35)(H,29,33)(H,30,34)/t21-,22+/m0/s1. The van der Waals surface area contributed by atoms with Crippen LogP contribution in [0.5, 0.6) is 5.75 Å². The molecule has 2 aliphatic heterocycles. The normalized spacial score (nSPS) is 22.1. The third-order valence-electron chi connectivity index (χ3n) is 6.60. The Morgan fingerprint density at radius 3 is 2.55 bits per heavy atom. The van der Waals surface area contributed by atoms with E-state index in [-0.39, 0.29) is 37.0 Å². The van der Waals surface area contributed by atoms with Crippen molar-refractivity contribution in [3.63, 3.8) is 0 Å². The van der Waals surface area contributed by atoms with Gasteiger partial charge in [-0.25, -0.2) is 0 Å². The molecule has 0 radical (unpaired) electrons. The molecule has 2 atom stereocenters. The summed E-state index contributed by atoms with van der Waals surface area (Å²) in [5.74, 6) is -1.17. The minimum absolute atomic E-state index is 0.157. The lowest BCUT2D eigenvalue weighted by Crippen LogP contribution is -2.53. The van der Waals surface area contributed by atoms with E-state index in [9.17, 15) is 19.2 Å². The molecule has 1 aromatic rings. The Hall–Kier alpha value is -3.18. The van der Waals surface area contributed by atoms with Gasteiger partial charge in [0.1, 0.15) is 24.4 Å². The summed E-state index contributed by atoms with van der Waals surface area (Å²) in [7, 11) is 1.66. The van der Waals surface area contributed by atoms with Gasteiger partial charge in [0.15, 0.2) is 0 Å². The van der Waals surface area contributed by atoms with E-state index in [0.29, 0.717) is 31.9 Å². The summed E-state index contributed by atoms with van der Waals surface area (Å²) in [5, 5.41) is 8.35. The van der Waals surface area contributed by atoms with Gasteiger partial charge in [-0.15, -0.1) is 0 Å². The van der Waals surface area contributed by atoms with Crippen LogP contribution in [0.1, 0.15) is 43.5 Å². The van der Waals surface area contributed by atoms with E-state index < -0.39 is 29.8 Å². The number of carbonyl (C=O) groups excluding carboxylic acids is 4. The highest BCUT2D eigenvalue weighted by Crippen LogP contribution is 2.19. The van der Waals surface area contributed by atoms with Crippen molar-refractivity contribution in [2.24, 2.45) is 5.92 Å². The average Bonchev–Trinajstić information content (AvgIpc) is 2.89. The first-order valence-corrected chi connectivity index (χ1v) is 13.4. The molecule has 0 aliphatic carbocycles. The van der Waals surface area contributed by atoms with Gasteiger partial charge < -0.3 is 30.3 Å². The first kappa shape index (κ1) is 29.4. The number of fused-ring (bicyclic) bond motifs is 1. The third-order valence-corrected chi connectivity index (χ3v) is 6.60. The zero-order valence-electron chi connectivity index (χ0n) is 22.7. The molecule has 0 spiro atoms. The van der Waals surface area contributed by atoms with Crippen molar-refractivity contribution in [1.82, 2.24) is 25.8 Å². The summed E-state index contributed by atoms with van der Waals surface area (Å²) < 4.78 is 11.2. The lowest BCUT2D eigenvalue weighted by molar-refractivity contribution is -0.136. The van der Waals surface area contributed by atoms with Crippen LogP contribution in [0.3, 0.4) is 0 Å². The minimum Gasteiger partial charge on any atom is -0.491 e. The number of nitrogens with zero attached hydrogens (tertiary/aromatic N) is 2. The Kier molecular flexibility index (Phi) is 11.3. The number of hydrogen-bond donors (Lipinski definition) is 3. The molecule has 0 aromatic heterocycles. The number of ether oxygens (including phenoxy) is 2. The lowest BCUT2D eigenvalue weighted by atomic mass is 10.0. The molecule has 11 nitrogen and oxygen atoms in total. The Balaban J connectivity index is 1.74. The van der Waals surface area contributed by atoms with Crippen LogP contribution in [-0.4, -0.2) is 105 Å². The summed E-state index contributed by atoms with van der Waals surface area (Å²) >= 11 is 0. The molecule has 4 amide bonds. The van der Waals surface area contributed by atoms with Gasteiger partial charge in [-0.2, -0.15) is 0 Å². The van der Waals surface area contributed by atoms with Crippen LogP contribution in [-0.2, 0) is 19.1 Å². The molecule has 0 bridgehead atoms. The van der Waals surface area contributed by atoms with Crippen LogP contribution in [0, 0.1) is 5.92 Å². The Bertz CT molecular complexity index is 965. The number of benzene rings is 1. The van der Waals surface area contributed by atoms with Gasteiger partial charge in [0, 0.05) is 26.7 Å². The van der Waals surface area contributed by atoms with E-state index in [1.54, 1.807) is 31.3 Å². The van der Waals surface area contributed by atoms with E-state index in [2.05, 4.69) is 20.9 Å². The number of para-hydroxylation sites is 1. The van der Waals surface area contributed by atoms with E-state index >= 15 is 0 Å². The maximum Gasteiger partial charge on any atom is 0.255 e. The molecule has 3 N–H and O–H groups in total. The van der Waals surface area contributed by atoms with Crippen LogP contribution in [0.25, 0.3) is 0 Å². The second-order valence-corrected chi connectivity index (χ2v) is 10.2. The third kappa shape index (κ3) is 8.98. The van der Waals surface area contributed by atoms with Gasteiger partial charge in [-0.3, -0.25) is 24.1 Å². The van der Waals surface area contributed by atoms with Gasteiger partial charge in [-0.05, 0) is 37.4 Å². The highest BCUT2D eigenvalue weighted by atomic mass is 16.5. The van der Waals surface area contributed by atoms with Gasteiger partial charge in [0.05, 0.1) is 31.7 Å². The SMILES string of the molecule is CC(C)C[C@H]1NC(=O)C[C@@H](C(=O)NCCCN2CCOCC2)NC(=O)c2ccccc2OCCN(C)C1=O. The van der Waals surface area contributed by atoms with Crippen molar-refractivity contribution >= 4 is 23.6 Å². The number of hydrogen-bond acceptors (Lipinski definition) is 7. The quantitative estimate of drug-likeness (QED) is 0.434. The molecule has 1 fully saturated rings. The summed E-state index contributed by atoms with van der Waals surface area (Å²) in [6.07, 6.45) is 0.881. The molecule has 2 heterocycles. The topological polar surface area (TPSA) is 129 Å². The van der Waals surface area contributed by atoms with Crippen molar-refractivity contribution in [3.8, 4) is 5.75 Å².